The number of carbonyl (C=O) groups is 1. The molecule has 0 aliphatic rings. The van der Waals surface area contributed by atoms with Crippen LogP contribution >= 0.6 is 0 Å². The number of hydrogen-bond acceptors (Lipinski definition) is 5. The topological polar surface area (TPSA) is 108 Å². The van der Waals surface area contributed by atoms with Crippen LogP contribution in [0.1, 0.15) is 5.69 Å². The molecule has 0 aromatic carbocycles. The first-order valence-electron chi connectivity index (χ1n) is 5.44. The van der Waals surface area contributed by atoms with Crippen LogP contribution in [0.4, 0.5) is 11.6 Å². The molecule has 0 spiro atoms. The van der Waals surface area contributed by atoms with Crippen LogP contribution in [0.15, 0.2) is 18.3 Å². The van der Waals surface area contributed by atoms with Crippen molar-refractivity contribution in [1.29, 1.82) is 0 Å². The highest BCUT2D eigenvalue weighted by molar-refractivity contribution is 5.89. The molecule has 0 radical (unpaired) electrons. The lowest BCUT2D eigenvalue weighted by Gasteiger charge is -2.00. The second kappa shape index (κ2) is 4.88. The van der Waals surface area contributed by atoms with Crippen LogP contribution in [0.2, 0.25) is 0 Å². The predicted molar refractivity (Wildman–Crippen MR) is 65.5 cm³/mol. The highest BCUT2D eigenvalue weighted by Gasteiger charge is 2.19. The fraction of sp³-hybridized carbons (Fsp3) is 0.300. The summed E-state index contributed by atoms with van der Waals surface area (Å²) in [6, 6.07) is 2.94. The molecule has 0 fully saturated rings. The molecule has 0 bridgehead atoms. The summed E-state index contributed by atoms with van der Waals surface area (Å²) in [7, 11) is 1.72. The lowest BCUT2D eigenvalue weighted by Crippen LogP contribution is -2.20. The van der Waals surface area contributed by atoms with E-state index in [2.05, 4.69) is 15.5 Å². The Kier molecular flexibility index (Phi) is 3.27. The average Bonchev–Trinajstić information content (AvgIpc) is 2.85. The van der Waals surface area contributed by atoms with Crippen molar-refractivity contribution in [3.8, 4) is 0 Å². The summed E-state index contributed by atoms with van der Waals surface area (Å²) in [5.41, 5.74) is 0.484. The molecule has 1 N–H and O–H groups in total. The molecule has 100 valence electrons. The van der Waals surface area contributed by atoms with Crippen LogP contribution in [0.3, 0.4) is 0 Å². The maximum Gasteiger partial charge on any atom is 0.345 e. The molecule has 2 aromatic rings. The third-order valence-electron chi connectivity index (χ3n) is 2.34. The van der Waals surface area contributed by atoms with E-state index in [-0.39, 0.29) is 12.4 Å². The largest absolute Gasteiger partial charge is 0.358 e. The number of nitro groups is 1. The molecule has 0 saturated carbocycles. The van der Waals surface area contributed by atoms with Gasteiger partial charge in [0.2, 0.25) is 0 Å². The molecule has 2 heterocycles. The molecule has 0 saturated heterocycles. The van der Waals surface area contributed by atoms with Gasteiger partial charge in [-0.25, -0.2) is 0 Å². The van der Waals surface area contributed by atoms with Crippen molar-refractivity contribution in [2.24, 2.45) is 7.05 Å². The van der Waals surface area contributed by atoms with Crippen molar-refractivity contribution < 1.29 is 9.72 Å². The monoisotopic (exact) mass is 264 g/mol. The van der Waals surface area contributed by atoms with E-state index < -0.39 is 10.8 Å². The zero-order chi connectivity index (χ0) is 14.0. The van der Waals surface area contributed by atoms with Gasteiger partial charge in [-0.2, -0.15) is 5.10 Å². The van der Waals surface area contributed by atoms with Crippen molar-refractivity contribution in [2.75, 3.05) is 5.32 Å². The quantitative estimate of drug-likeness (QED) is 0.638. The van der Waals surface area contributed by atoms with Gasteiger partial charge < -0.3 is 15.4 Å². The summed E-state index contributed by atoms with van der Waals surface area (Å²) in [6.45, 7) is 1.39. The second-order valence-electron chi connectivity index (χ2n) is 3.98. The minimum absolute atomic E-state index is 0.214. The molecule has 0 aliphatic heterocycles. The maximum atomic E-state index is 11.7. The summed E-state index contributed by atoms with van der Waals surface area (Å²) in [6.07, 6.45) is 1.68. The van der Waals surface area contributed by atoms with Crippen molar-refractivity contribution in [3.05, 3.63) is 34.1 Å². The normalized spacial score (nSPS) is 10.4. The van der Waals surface area contributed by atoms with E-state index in [1.807, 2.05) is 0 Å². The Labute approximate surface area is 108 Å². The average molecular weight is 264 g/mol. The fourth-order valence-electron chi connectivity index (χ4n) is 1.60. The van der Waals surface area contributed by atoms with Crippen LogP contribution in [0, 0.1) is 17.0 Å². The van der Waals surface area contributed by atoms with Crippen molar-refractivity contribution >= 4 is 17.5 Å². The number of rotatable bonds is 4. The first-order valence-corrected chi connectivity index (χ1v) is 5.44. The zero-order valence-corrected chi connectivity index (χ0v) is 10.4. The van der Waals surface area contributed by atoms with Crippen molar-refractivity contribution in [3.63, 3.8) is 0 Å². The minimum Gasteiger partial charge on any atom is -0.358 e. The van der Waals surface area contributed by atoms with E-state index in [0.29, 0.717) is 11.5 Å². The van der Waals surface area contributed by atoms with Crippen LogP contribution < -0.4 is 5.32 Å². The van der Waals surface area contributed by atoms with E-state index >= 15 is 0 Å². The summed E-state index contributed by atoms with van der Waals surface area (Å²) >= 11 is 0. The Balaban J connectivity index is 2.08. The molecule has 19 heavy (non-hydrogen) atoms. The van der Waals surface area contributed by atoms with Gasteiger partial charge in [-0.1, -0.05) is 5.10 Å². The first-order chi connectivity index (χ1) is 8.95. The number of anilines is 1. The second-order valence-corrected chi connectivity index (χ2v) is 3.98. The number of nitrogens with one attached hydrogen (secondary N) is 1. The Morgan fingerprint density at radius 3 is 2.84 bits per heavy atom. The number of hydrogen-bond donors (Lipinski definition) is 1. The zero-order valence-electron chi connectivity index (χ0n) is 10.4. The van der Waals surface area contributed by atoms with E-state index in [1.54, 1.807) is 26.2 Å². The first kappa shape index (κ1) is 12.7. The van der Waals surface area contributed by atoms with Gasteiger partial charge in [0.1, 0.15) is 0 Å². The van der Waals surface area contributed by atoms with Crippen molar-refractivity contribution in [2.45, 2.75) is 13.5 Å². The van der Waals surface area contributed by atoms with Crippen LogP contribution in [-0.4, -0.2) is 30.4 Å². The van der Waals surface area contributed by atoms with Crippen LogP contribution in [0.25, 0.3) is 0 Å². The van der Waals surface area contributed by atoms with Gasteiger partial charge in [0.15, 0.2) is 12.4 Å². The Morgan fingerprint density at radius 2 is 2.26 bits per heavy atom. The van der Waals surface area contributed by atoms with Crippen molar-refractivity contribution in [1.82, 2.24) is 19.6 Å². The van der Waals surface area contributed by atoms with E-state index in [1.165, 1.54) is 10.7 Å². The molecule has 0 atom stereocenters. The predicted octanol–water partition coefficient (Wildman–Crippen LogP) is 0.472. The molecule has 2 rings (SSSR count). The van der Waals surface area contributed by atoms with Gasteiger partial charge in [-0.3, -0.25) is 9.48 Å². The van der Waals surface area contributed by atoms with Gasteiger partial charge in [-0.15, -0.1) is 4.68 Å². The number of nitrogens with zero attached hydrogens (tertiary/aromatic N) is 5. The van der Waals surface area contributed by atoms with Crippen LogP contribution in [-0.2, 0) is 18.4 Å². The molecule has 9 nitrogen and oxygen atoms in total. The third kappa shape index (κ3) is 2.94. The maximum absolute atomic E-state index is 11.7. The Bertz CT molecular complexity index is 629. The van der Waals surface area contributed by atoms with Gasteiger partial charge >= 0.3 is 5.82 Å². The lowest BCUT2D eigenvalue weighted by atomic mass is 10.5. The minimum atomic E-state index is -0.575. The molecular weight excluding hydrogens is 252 g/mol. The molecule has 9 heteroatoms. The molecule has 0 aliphatic carbocycles. The summed E-state index contributed by atoms with van der Waals surface area (Å²) in [5, 5.41) is 21.2. The Morgan fingerprint density at radius 1 is 1.53 bits per heavy atom. The summed E-state index contributed by atoms with van der Waals surface area (Å²) in [4.78, 5) is 21.9. The number of aromatic nitrogens is 4. The van der Waals surface area contributed by atoms with Gasteiger partial charge in [-0.05, 0) is 11.8 Å². The smallest absolute Gasteiger partial charge is 0.345 e. The van der Waals surface area contributed by atoms with Gasteiger partial charge in [0, 0.05) is 19.3 Å². The summed E-state index contributed by atoms with van der Waals surface area (Å²) in [5.74, 6) is -0.252. The van der Waals surface area contributed by atoms with Crippen LogP contribution in [0.5, 0.6) is 0 Å². The number of amides is 1. The molecule has 0 unspecified atom stereocenters. The number of carbonyl (C=O) groups excluding carboxylic acids is 1. The molecular formula is C10H12N6O3. The highest BCUT2D eigenvalue weighted by Crippen LogP contribution is 2.13. The lowest BCUT2D eigenvalue weighted by molar-refractivity contribution is -0.392. The number of aryl methyl sites for hydroxylation is 2. The molecule has 1 amide bonds. The molecule has 2 aromatic heterocycles. The van der Waals surface area contributed by atoms with E-state index in [9.17, 15) is 14.9 Å². The van der Waals surface area contributed by atoms with E-state index in [0.717, 1.165) is 4.68 Å². The summed E-state index contributed by atoms with van der Waals surface area (Å²) < 4.78 is 2.59. The van der Waals surface area contributed by atoms with E-state index in [4.69, 9.17) is 0 Å². The van der Waals surface area contributed by atoms with Gasteiger partial charge in [0.05, 0.1) is 11.8 Å². The highest BCUT2D eigenvalue weighted by atomic mass is 16.6. The standard InChI is InChI=1S/C10H12N6O3/c1-7-5-10(16(18)19)15(12-7)6-9(17)11-8-3-4-14(2)13-8/h3-5H,6H2,1-2H3,(H,11,13,17). The SMILES string of the molecule is Cc1cc([N+](=O)[O-])n(CC(=O)Nc2ccn(C)n2)n1. The Hall–Kier alpha value is -2.71. The van der Waals surface area contributed by atoms with Gasteiger partial charge in [0.25, 0.3) is 5.91 Å². The third-order valence-corrected chi connectivity index (χ3v) is 2.34. The fourth-order valence-corrected chi connectivity index (χ4v) is 1.60.